The van der Waals surface area contributed by atoms with Crippen molar-refractivity contribution in [2.75, 3.05) is 17.2 Å². The van der Waals surface area contributed by atoms with Gasteiger partial charge in [0.1, 0.15) is 11.8 Å². The maximum Gasteiger partial charge on any atom is 0.243 e. The Labute approximate surface area is 161 Å². The summed E-state index contributed by atoms with van der Waals surface area (Å²) in [6, 6.07) is 13.6. The van der Waals surface area contributed by atoms with E-state index in [0.29, 0.717) is 24.6 Å². The summed E-state index contributed by atoms with van der Waals surface area (Å²) < 4.78 is 31.1. The Morgan fingerprint density at radius 1 is 1.11 bits per heavy atom. The molecule has 27 heavy (non-hydrogen) atoms. The second kappa shape index (κ2) is 8.90. The van der Waals surface area contributed by atoms with Crippen LogP contribution in [0.25, 0.3) is 0 Å². The number of hydrogen-bond acceptors (Lipinski definition) is 4. The Morgan fingerprint density at radius 3 is 2.22 bits per heavy atom. The second-order valence-corrected chi connectivity index (χ2v) is 8.22. The minimum absolute atomic E-state index is 0.338. The van der Waals surface area contributed by atoms with Gasteiger partial charge in [-0.05, 0) is 50.6 Å². The maximum absolute atomic E-state index is 12.6. The van der Waals surface area contributed by atoms with Crippen molar-refractivity contribution in [1.29, 1.82) is 0 Å². The predicted molar refractivity (Wildman–Crippen MR) is 107 cm³/mol. The largest absolute Gasteiger partial charge is 0.494 e. The average Bonchev–Trinajstić information content (AvgIpc) is 2.61. The number of rotatable bonds is 8. The van der Waals surface area contributed by atoms with Gasteiger partial charge in [-0.2, -0.15) is 0 Å². The maximum atomic E-state index is 12.6. The van der Waals surface area contributed by atoms with Gasteiger partial charge in [0.15, 0.2) is 0 Å². The molecule has 0 aliphatic heterocycles. The van der Waals surface area contributed by atoms with E-state index in [9.17, 15) is 13.2 Å². The predicted octanol–water partition coefficient (Wildman–Crippen LogP) is 2.86. The SMILES string of the molecule is CCOc1ccc(N(C(C)C(=O)NCc2ccc(C)cc2)S(C)(=O)=O)cc1. The van der Waals surface area contributed by atoms with Crippen LogP contribution >= 0.6 is 0 Å². The molecule has 0 fully saturated rings. The number of nitrogens with zero attached hydrogens (tertiary/aromatic N) is 1. The molecule has 0 aliphatic rings. The fourth-order valence-corrected chi connectivity index (χ4v) is 3.88. The summed E-state index contributed by atoms with van der Waals surface area (Å²) >= 11 is 0. The van der Waals surface area contributed by atoms with Gasteiger partial charge in [-0.15, -0.1) is 0 Å². The van der Waals surface area contributed by atoms with E-state index < -0.39 is 16.1 Å². The molecule has 1 atom stereocenters. The molecule has 0 bridgehead atoms. The zero-order valence-electron chi connectivity index (χ0n) is 16.1. The molecule has 0 saturated heterocycles. The van der Waals surface area contributed by atoms with Crippen molar-refractivity contribution >= 4 is 21.6 Å². The highest BCUT2D eigenvalue weighted by Crippen LogP contribution is 2.24. The molecular weight excluding hydrogens is 364 g/mol. The summed E-state index contributed by atoms with van der Waals surface area (Å²) in [7, 11) is -3.64. The first-order chi connectivity index (χ1) is 12.7. The van der Waals surface area contributed by atoms with Gasteiger partial charge in [0.25, 0.3) is 0 Å². The zero-order chi connectivity index (χ0) is 20.0. The van der Waals surface area contributed by atoms with Crippen LogP contribution < -0.4 is 14.4 Å². The van der Waals surface area contributed by atoms with Crippen molar-refractivity contribution in [3.63, 3.8) is 0 Å². The fourth-order valence-electron chi connectivity index (χ4n) is 2.71. The molecule has 2 aromatic carbocycles. The van der Waals surface area contributed by atoms with Crippen LogP contribution in [0.5, 0.6) is 5.75 Å². The van der Waals surface area contributed by atoms with Crippen LogP contribution in [0.1, 0.15) is 25.0 Å². The highest BCUT2D eigenvalue weighted by Gasteiger charge is 2.29. The molecule has 2 aromatic rings. The molecular formula is C20H26N2O4S. The van der Waals surface area contributed by atoms with E-state index in [1.54, 1.807) is 31.2 Å². The molecule has 1 N–H and O–H groups in total. The number of sulfonamides is 1. The minimum atomic E-state index is -3.64. The summed E-state index contributed by atoms with van der Waals surface area (Å²) in [4.78, 5) is 12.6. The van der Waals surface area contributed by atoms with Crippen molar-refractivity contribution in [2.24, 2.45) is 0 Å². The molecule has 1 amide bonds. The van der Waals surface area contributed by atoms with Gasteiger partial charge in [-0.1, -0.05) is 29.8 Å². The summed E-state index contributed by atoms with van der Waals surface area (Å²) in [6.45, 7) is 6.29. The lowest BCUT2D eigenvalue weighted by atomic mass is 10.1. The summed E-state index contributed by atoms with van der Waals surface area (Å²) in [6.07, 6.45) is 1.09. The van der Waals surface area contributed by atoms with E-state index in [-0.39, 0.29) is 5.91 Å². The van der Waals surface area contributed by atoms with Gasteiger partial charge < -0.3 is 10.1 Å². The number of anilines is 1. The van der Waals surface area contributed by atoms with Crippen molar-refractivity contribution in [2.45, 2.75) is 33.4 Å². The number of aryl methyl sites for hydroxylation is 1. The molecule has 0 saturated carbocycles. The second-order valence-electron chi connectivity index (χ2n) is 6.37. The molecule has 6 nitrogen and oxygen atoms in total. The third kappa shape index (κ3) is 5.72. The van der Waals surface area contributed by atoms with Crippen molar-refractivity contribution in [3.8, 4) is 5.75 Å². The first kappa shape index (κ1) is 20.8. The molecule has 0 spiro atoms. The fraction of sp³-hybridized carbons (Fsp3) is 0.350. The minimum Gasteiger partial charge on any atom is -0.494 e. The molecule has 1 unspecified atom stereocenters. The topological polar surface area (TPSA) is 75.7 Å². The first-order valence-electron chi connectivity index (χ1n) is 8.78. The lowest BCUT2D eigenvalue weighted by Crippen LogP contribution is -2.47. The number of carbonyl (C=O) groups is 1. The van der Waals surface area contributed by atoms with Crippen LogP contribution in [0.2, 0.25) is 0 Å². The van der Waals surface area contributed by atoms with E-state index in [1.807, 2.05) is 38.1 Å². The number of hydrogen-bond donors (Lipinski definition) is 1. The van der Waals surface area contributed by atoms with Gasteiger partial charge in [0.05, 0.1) is 18.6 Å². The smallest absolute Gasteiger partial charge is 0.243 e. The summed E-state index contributed by atoms with van der Waals surface area (Å²) in [5, 5.41) is 2.80. The number of amides is 1. The normalized spacial score (nSPS) is 12.3. The Bertz CT molecular complexity index is 862. The molecule has 0 aromatic heterocycles. The molecule has 2 rings (SSSR count). The van der Waals surface area contributed by atoms with Gasteiger partial charge in [0.2, 0.25) is 15.9 Å². The molecule has 146 valence electrons. The van der Waals surface area contributed by atoms with Crippen LogP contribution in [-0.2, 0) is 21.4 Å². The van der Waals surface area contributed by atoms with E-state index in [1.165, 1.54) is 0 Å². The zero-order valence-corrected chi connectivity index (χ0v) is 16.9. The van der Waals surface area contributed by atoms with Crippen LogP contribution in [0.15, 0.2) is 48.5 Å². The third-order valence-electron chi connectivity index (χ3n) is 4.08. The van der Waals surface area contributed by atoms with E-state index >= 15 is 0 Å². The number of ether oxygens (including phenoxy) is 1. The van der Waals surface area contributed by atoms with E-state index in [4.69, 9.17) is 4.74 Å². The molecule has 0 heterocycles. The highest BCUT2D eigenvalue weighted by molar-refractivity contribution is 7.92. The van der Waals surface area contributed by atoms with E-state index in [2.05, 4.69) is 5.32 Å². The van der Waals surface area contributed by atoms with Gasteiger partial charge >= 0.3 is 0 Å². The standard InChI is InChI=1S/C20H26N2O4S/c1-5-26-19-12-10-18(11-13-19)22(27(4,24)25)16(3)20(23)21-14-17-8-6-15(2)7-9-17/h6-13,16H,5,14H2,1-4H3,(H,21,23). The van der Waals surface area contributed by atoms with Gasteiger partial charge in [-0.3, -0.25) is 9.10 Å². The molecule has 0 radical (unpaired) electrons. The first-order valence-corrected chi connectivity index (χ1v) is 10.6. The molecule has 7 heteroatoms. The summed E-state index contributed by atoms with van der Waals surface area (Å²) in [5.74, 6) is 0.279. The van der Waals surface area contributed by atoms with Crippen LogP contribution in [0.4, 0.5) is 5.69 Å². The lowest BCUT2D eigenvalue weighted by Gasteiger charge is -2.28. The highest BCUT2D eigenvalue weighted by atomic mass is 32.2. The Balaban J connectivity index is 2.15. The van der Waals surface area contributed by atoms with Gasteiger partial charge in [0, 0.05) is 6.54 Å². The van der Waals surface area contributed by atoms with Crippen LogP contribution in [0.3, 0.4) is 0 Å². The van der Waals surface area contributed by atoms with Gasteiger partial charge in [-0.25, -0.2) is 8.42 Å². The Hall–Kier alpha value is -2.54. The Kier molecular flexibility index (Phi) is 6.85. The quantitative estimate of drug-likeness (QED) is 0.752. The average molecular weight is 391 g/mol. The number of benzene rings is 2. The van der Waals surface area contributed by atoms with Crippen molar-refractivity contribution < 1.29 is 17.9 Å². The van der Waals surface area contributed by atoms with E-state index in [0.717, 1.165) is 21.7 Å². The molecule has 0 aliphatic carbocycles. The number of carbonyl (C=O) groups excluding carboxylic acids is 1. The lowest BCUT2D eigenvalue weighted by molar-refractivity contribution is -0.122. The number of nitrogens with one attached hydrogen (secondary N) is 1. The van der Waals surface area contributed by atoms with Crippen LogP contribution in [-0.4, -0.2) is 33.2 Å². The third-order valence-corrected chi connectivity index (χ3v) is 5.32. The summed E-state index contributed by atoms with van der Waals surface area (Å²) in [5.41, 5.74) is 2.50. The van der Waals surface area contributed by atoms with Crippen molar-refractivity contribution in [3.05, 3.63) is 59.7 Å². The monoisotopic (exact) mass is 390 g/mol. The van der Waals surface area contributed by atoms with Crippen molar-refractivity contribution in [1.82, 2.24) is 5.32 Å². The Morgan fingerprint density at radius 2 is 1.70 bits per heavy atom. The van der Waals surface area contributed by atoms with Crippen LogP contribution in [0, 0.1) is 6.92 Å².